The second-order valence-corrected chi connectivity index (χ2v) is 5.73. The summed E-state index contributed by atoms with van der Waals surface area (Å²) < 4.78 is 0. The van der Waals surface area contributed by atoms with Crippen LogP contribution < -0.4 is 5.73 Å². The highest BCUT2D eigenvalue weighted by molar-refractivity contribution is 5.82. The Kier molecular flexibility index (Phi) is 5.01. The standard InChI is InChI=1S/C14H27N3O/c1-2-8-16-9-4-3-7-13(16)14(18)17-10-5-6-12(15)11-17/h12-13H,2-11,15H2,1H3/t12-,13+/m0/s1. The highest BCUT2D eigenvalue weighted by Gasteiger charge is 2.32. The van der Waals surface area contributed by atoms with Gasteiger partial charge in [0.25, 0.3) is 0 Å². The van der Waals surface area contributed by atoms with Gasteiger partial charge in [0.1, 0.15) is 0 Å². The Bertz CT molecular complexity index is 280. The fourth-order valence-electron chi connectivity index (χ4n) is 3.25. The Hall–Kier alpha value is -0.610. The van der Waals surface area contributed by atoms with Crippen LogP contribution in [0.25, 0.3) is 0 Å². The van der Waals surface area contributed by atoms with E-state index in [1.165, 1.54) is 12.8 Å². The number of hydrogen-bond acceptors (Lipinski definition) is 3. The number of piperidine rings is 2. The first kappa shape index (κ1) is 13.8. The maximum atomic E-state index is 12.6. The van der Waals surface area contributed by atoms with Crippen molar-refractivity contribution in [2.24, 2.45) is 5.73 Å². The topological polar surface area (TPSA) is 49.6 Å². The molecule has 0 aliphatic carbocycles. The van der Waals surface area contributed by atoms with E-state index in [9.17, 15) is 4.79 Å². The summed E-state index contributed by atoms with van der Waals surface area (Å²) in [4.78, 5) is 17.0. The zero-order valence-corrected chi connectivity index (χ0v) is 11.6. The molecule has 0 aromatic heterocycles. The van der Waals surface area contributed by atoms with Crippen molar-refractivity contribution in [3.63, 3.8) is 0 Å². The van der Waals surface area contributed by atoms with Crippen LogP contribution in [0.2, 0.25) is 0 Å². The molecular formula is C14H27N3O. The van der Waals surface area contributed by atoms with Crippen molar-refractivity contribution in [2.45, 2.75) is 57.5 Å². The third-order valence-electron chi connectivity index (χ3n) is 4.18. The predicted molar refractivity (Wildman–Crippen MR) is 73.3 cm³/mol. The van der Waals surface area contributed by atoms with Gasteiger partial charge in [0, 0.05) is 19.1 Å². The molecule has 0 radical (unpaired) electrons. The van der Waals surface area contributed by atoms with E-state index in [4.69, 9.17) is 5.73 Å². The fourth-order valence-corrected chi connectivity index (χ4v) is 3.25. The molecule has 2 aliphatic rings. The smallest absolute Gasteiger partial charge is 0.239 e. The molecule has 2 atom stereocenters. The van der Waals surface area contributed by atoms with Crippen LogP contribution in [0.15, 0.2) is 0 Å². The van der Waals surface area contributed by atoms with E-state index < -0.39 is 0 Å². The van der Waals surface area contributed by atoms with Gasteiger partial charge >= 0.3 is 0 Å². The quantitative estimate of drug-likeness (QED) is 0.822. The van der Waals surface area contributed by atoms with Crippen LogP contribution in [0.5, 0.6) is 0 Å². The van der Waals surface area contributed by atoms with Gasteiger partial charge in [-0.2, -0.15) is 0 Å². The van der Waals surface area contributed by atoms with E-state index in [1.807, 2.05) is 4.90 Å². The molecule has 18 heavy (non-hydrogen) atoms. The minimum Gasteiger partial charge on any atom is -0.340 e. The van der Waals surface area contributed by atoms with Gasteiger partial charge in [-0.1, -0.05) is 13.3 Å². The number of nitrogens with zero attached hydrogens (tertiary/aromatic N) is 2. The van der Waals surface area contributed by atoms with Crippen molar-refractivity contribution in [1.29, 1.82) is 0 Å². The van der Waals surface area contributed by atoms with E-state index in [2.05, 4.69) is 11.8 Å². The average Bonchev–Trinajstić information content (AvgIpc) is 2.39. The lowest BCUT2D eigenvalue weighted by Gasteiger charge is -2.39. The molecule has 0 aromatic carbocycles. The molecule has 104 valence electrons. The summed E-state index contributed by atoms with van der Waals surface area (Å²) in [6, 6.07) is 0.315. The molecule has 2 aliphatic heterocycles. The van der Waals surface area contributed by atoms with Crippen LogP contribution in [0.4, 0.5) is 0 Å². The molecule has 2 heterocycles. The number of likely N-dealkylation sites (tertiary alicyclic amines) is 2. The SMILES string of the molecule is CCCN1CCCC[C@@H]1C(=O)N1CCC[C@H](N)C1. The third kappa shape index (κ3) is 3.23. The van der Waals surface area contributed by atoms with Gasteiger partial charge in [-0.3, -0.25) is 9.69 Å². The molecular weight excluding hydrogens is 226 g/mol. The van der Waals surface area contributed by atoms with Crippen molar-refractivity contribution < 1.29 is 4.79 Å². The Balaban J connectivity index is 1.96. The third-order valence-corrected chi connectivity index (χ3v) is 4.18. The first-order chi connectivity index (χ1) is 8.72. The fraction of sp³-hybridized carbons (Fsp3) is 0.929. The normalized spacial score (nSPS) is 30.4. The number of hydrogen-bond donors (Lipinski definition) is 1. The number of carbonyl (C=O) groups excluding carboxylic acids is 1. The molecule has 1 amide bonds. The van der Waals surface area contributed by atoms with Crippen LogP contribution in [0, 0.1) is 0 Å². The Morgan fingerprint density at radius 1 is 1.22 bits per heavy atom. The van der Waals surface area contributed by atoms with Crippen LogP contribution in [0.3, 0.4) is 0 Å². The van der Waals surface area contributed by atoms with Crippen molar-refractivity contribution in [2.75, 3.05) is 26.2 Å². The van der Waals surface area contributed by atoms with Gasteiger partial charge in [-0.25, -0.2) is 0 Å². The van der Waals surface area contributed by atoms with Gasteiger partial charge < -0.3 is 10.6 Å². The first-order valence-electron chi connectivity index (χ1n) is 7.50. The Morgan fingerprint density at radius 2 is 2.06 bits per heavy atom. The van der Waals surface area contributed by atoms with Gasteiger partial charge in [0.05, 0.1) is 6.04 Å². The lowest BCUT2D eigenvalue weighted by molar-refractivity contribution is -0.139. The van der Waals surface area contributed by atoms with Crippen LogP contribution in [-0.4, -0.2) is 54.0 Å². The minimum absolute atomic E-state index is 0.129. The largest absolute Gasteiger partial charge is 0.340 e. The van der Waals surface area contributed by atoms with Crippen LogP contribution >= 0.6 is 0 Å². The van der Waals surface area contributed by atoms with E-state index in [0.29, 0.717) is 5.91 Å². The summed E-state index contributed by atoms with van der Waals surface area (Å²) in [5.74, 6) is 0.332. The van der Waals surface area contributed by atoms with Crippen molar-refractivity contribution in [1.82, 2.24) is 9.80 Å². The van der Waals surface area contributed by atoms with Crippen molar-refractivity contribution >= 4 is 5.91 Å². The monoisotopic (exact) mass is 253 g/mol. The van der Waals surface area contributed by atoms with E-state index in [0.717, 1.165) is 51.9 Å². The van der Waals surface area contributed by atoms with Gasteiger partial charge in [-0.05, 0) is 45.2 Å². The number of rotatable bonds is 3. The average molecular weight is 253 g/mol. The Morgan fingerprint density at radius 3 is 2.78 bits per heavy atom. The second kappa shape index (κ2) is 6.53. The number of carbonyl (C=O) groups is 1. The molecule has 4 nitrogen and oxygen atoms in total. The van der Waals surface area contributed by atoms with Crippen LogP contribution in [-0.2, 0) is 4.79 Å². The van der Waals surface area contributed by atoms with Gasteiger partial charge in [-0.15, -0.1) is 0 Å². The molecule has 2 rings (SSSR count). The summed E-state index contributed by atoms with van der Waals surface area (Å²) in [5, 5.41) is 0. The lowest BCUT2D eigenvalue weighted by Crippen LogP contribution is -2.55. The molecule has 2 fully saturated rings. The number of nitrogens with two attached hydrogens (primary N) is 1. The maximum absolute atomic E-state index is 12.6. The molecule has 4 heteroatoms. The summed E-state index contributed by atoms with van der Waals surface area (Å²) in [6.07, 6.45) is 6.72. The van der Waals surface area contributed by atoms with E-state index in [-0.39, 0.29) is 12.1 Å². The molecule has 0 bridgehead atoms. The van der Waals surface area contributed by atoms with E-state index >= 15 is 0 Å². The maximum Gasteiger partial charge on any atom is 0.239 e. The summed E-state index contributed by atoms with van der Waals surface area (Å²) >= 11 is 0. The zero-order valence-electron chi connectivity index (χ0n) is 11.6. The van der Waals surface area contributed by atoms with Crippen LogP contribution in [0.1, 0.15) is 45.4 Å². The molecule has 0 unspecified atom stereocenters. The minimum atomic E-state index is 0.129. The molecule has 2 saturated heterocycles. The highest BCUT2D eigenvalue weighted by Crippen LogP contribution is 2.21. The zero-order chi connectivity index (χ0) is 13.0. The van der Waals surface area contributed by atoms with Gasteiger partial charge in [0.15, 0.2) is 0 Å². The van der Waals surface area contributed by atoms with Crippen molar-refractivity contribution in [3.05, 3.63) is 0 Å². The molecule has 0 saturated carbocycles. The summed E-state index contributed by atoms with van der Waals surface area (Å²) in [7, 11) is 0. The van der Waals surface area contributed by atoms with E-state index in [1.54, 1.807) is 0 Å². The lowest BCUT2D eigenvalue weighted by atomic mass is 9.98. The predicted octanol–water partition coefficient (Wildman–Crippen LogP) is 1.20. The van der Waals surface area contributed by atoms with Crippen molar-refractivity contribution in [3.8, 4) is 0 Å². The highest BCUT2D eigenvalue weighted by atomic mass is 16.2. The molecule has 2 N–H and O–H groups in total. The Labute approximate surface area is 110 Å². The van der Waals surface area contributed by atoms with Gasteiger partial charge in [0.2, 0.25) is 5.91 Å². The first-order valence-corrected chi connectivity index (χ1v) is 7.50. The molecule has 0 spiro atoms. The molecule has 0 aromatic rings. The number of amides is 1. The summed E-state index contributed by atoms with van der Waals surface area (Å²) in [5.41, 5.74) is 5.98. The second-order valence-electron chi connectivity index (χ2n) is 5.73. The summed E-state index contributed by atoms with van der Waals surface area (Å²) in [6.45, 7) is 5.99.